The molecule has 0 bridgehead atoms. The number of carbonyl (C=O) groups excluding carboxylic acids is 3. The molecule has 1 radical (unpaired) electrons. The second-order valence-electron chi connectivity index (χ2n) is 9.20. The Kier molecular flexibility index (Phi) is 9.28. The van der Waals surface area contributed by atoms with E-state index in [2.05, 4.69) is 10.3 Å². The van der Waals surface area contributed by atoms with Crippen LogP contribution in [0.5, 0.6) is 0 Å². The van der Waals surface area contributed by atoms with Gasteiger partial charge in [0, 0.05) is 24.4 Å². The highest BCUT2D eigenvalue weighted by Gasteiger charge is 2.50. The molecular weight excluding hydrogens is 455 g/mol. The summed E-state index contributed by atoms with van der Waals surface area (Å²) in [5, 5.41) is 2.60. The Morgan fingerprint density at radius 1 is 1.24 bits per heavy atom. The summed E-state index contributed by atoms with van der Waals surface area (Å²) in [5.74, 6) is -1.55. The molecule has 2 rings (SSSR count). The lowest BCUT2D eigenvalue weighted by Gasteiger charge is -2.43. The van der Waals surface area contributed by atoms with E-state index in [9.17, 15) is 19.3 Å². The highest BCUT2D eigenvalue weighted by atomic mass is 31.2. The second-order valence-corrected chi connectivity index (χ2v) is 10.9. The third-order valence-corrected chi connectivity index (χ3v) is 5.95. The van der Waals surface area contributed by atoms with E-state index in [4.69, 9.17) is 23.0 Å². The second kappa shape index (κ2) is 11.3. The Hall–Kier alpha value is -2.17. The third kappa shape index (κ3) is 8.60. The lowest BCUT2D eigenvalue weighted by Crippen LogP contribution is -2.50. The van der Waals surface area contributed by atoms with Gasteiger partial charge in [-0.1, -0.05) is 13.8 Å². The van der Waals surface area contributed by atoms with Crippen LogP contribution in [0.3, 0.4) is 0 Å². The van der Waals surface area contributed by atoms with Crippen LogP contribution < -0.4 is 5.32 Å². The molecule has 0 aliphatic carbocycles. The fourth-order valence-corrected chi connectivity index (χ4v) is 4.08. The molecule has 33 heavy (non-hydrogen) atoms. The minimum absolute atomic E-state index is 0.0196. The van der Waals surface area contributed by atoms with E-state index in [1.807, 2.05) is 0 Å². The van der Waals surface area contributed by atoms with Crippen molar-refractivity contribution < 1.29 is 42.3 Å². The number of carbonyl (C=O) groups is 3. The number of hydrogen-bond acceptors (Lipinski definition) is 10. The van der Waals surface area contributed by atoms with Crippen LogP contribution in [-0.4, -0.2) is 53.8 Å². The van der Waals surface area contributed by atoms with E-state index in [-0.39, 0.29) is 26.2 Å². The zero-order chi connectivity index (χ0) is 24.7. The average Bonchev–Trinajstić information content (AvgIpc) is 2.74. The van der Waals surface area contributed by atoms with Crippen LogP contribution in [0.1, 0.15) is 46.6 Å². The molecule has 0 aromatic carbocycles. The maximum Gasteiger partial charge on any atom is 0.381 e. The molecule has 1 aromatic rings. The predicted molar refractivity (Wildman–Crippen MR) is 117 cm³/mol. The summed E-state index contributed by atoms with van der Waals surface area (Å²) in [4.78, 5) is 50.8. The van der Waals surface area contributed by atoms with Gasteiger partial charge in [-0.3, -0.25) is 32.9 Å². The summed E-state index contributed by atoms with van der Waals surface area (Å²) >= 11 is 0. The predicted octanol–water partition coefficient (Wildman–Crippen LogP) is 2.31. The topological polar surface area (TPSA) is 143 Å². The number of esters is 2. The number of pyridine rings is 1. The van der Waals surface area contributed by atoms with Crippen LogP contribution in [-0.2, 0) is 44.0 Å². The maximum absolute atomic E-state index is 12.7. The molecule has 1 aliphatic rings. The van der Waals surface area contributed by atoms with Gasteiger partial charge in [-0.25, -0.2) is 0 Å². The van der Waals surface area contributed by atoms with Gasteiger partial charge in [-0.2, -0.15) is 0 Å². The van der Waals surface area contributed by atoms with E-state index >= 15 is 0 Å². The van der Waals surface area contributed by atoms with Crippen molar-refractivity contribution in [2.45, 2.75) is 53.8 Å². The molecule has 0 spiro atoms. The molecule has 1 aliphatic heterocycles. The smallest absolute Gasteiger partial charge is 0.381 e. The monoisotopic (exact) mass is 487 g/mol. The van der Waals surface area contributed by atoms with Crippen molar-refractivity contribution in [1.29, 1.82) is 0 Å². The Morgan fingerprint density at radius 3 is 2.55 bits per heavy atom. The average molecular weight is 487 g/mol. The summed E-state index contributed by atoms with van der Waals surface area (Å²) in [5.41, 5.74) is -0.734. The lowest BCUT2D eigenvalue weighted by atomic mass is 9.87. The Morgan fingerprint density at radius 2 is 1.91 bits per heavy atom. The molecule has 2 heterocycles. The van der Waals surface area contributed by atoms with Gasteiger partial charge in [0.05, 0.1) is 18.4 Å². The van der Waals surface area contributed by atoms with Crippen molar-refractivity contribution in [3.8, 4) is 0 Å². The van der Waals surface area contributed by atoms with E-state index in [1.54, 1.807) is 59.1 Å². The molecular formula is C21H32N2O9P. The SMILES string of the molecule is CC(C)(C)C(=O)OCO[P@@]1(O)OCC(C)(C)[C@H](C(=O)NCCC(=O)OCc2ccncc2)O1. The third-order valence-electron chi connectivity index (χ3n) is 4.58. The summed E-state index contributed by atoms with van der Waals surface area (Å²) in [6.45, 7) is 7.98. The van der Waals surface area contributed by atoms with Gasteiger partial charge >= 0.3 is 20.1 Å². The summed E-state index contributed by atoms with van der Waals surface area (Å²) in [6, 6.07) is 3.46. The van der Waals surface area contributed by atoms with Gasteiger partial charge in [0.2, 0.25) is 12.7 Å². The quantitative estimate of drug-likeness (QED) is 0.303. The van der Waals surface area contributed by atoms with Crippen molar-refractivity contribution in [3.63, 3.8) is 0 Å². The first kappa shape index (κ1) is 27.1. The van der Waals surface area contributed by atoms with Gasteiger partial charge in [-0.05, 0) is 38.5 Å². The van der Waals surface area contributed by atoms with E-state index in [1.165, 1.54) is 0 Å². The largest absolute Gasteiger partial charge is 0.461 e. The fourth-order valence-electron chi connectivity index (χ4n) is 2.56. The van der Waals surface area contributed by atoms with Crippen molar-refractivity contribution in [2.75, 3.05) is 19.9 Å². The minimum Gasteiger partial charge on any atom is -0.461 e. The molecule has 11 nitrogen and oxygen atoms in total. The van der Waals surface area contributed by atoms with Crippen molar-refractivity contribution in [3.05, 3.63) is 30.1 Å². The fraction of sp³-hybridized carbons (Fsp3) is 0.619. The number of rotatable bonds is 9. The van der Waals surface area contributed by atoms with Gasteiger partial charge in [0.1, 0.15) is 6.61 Å². The molecule has 1 aromatic heterocycles. The van der Waals surface area contributed by atoms with Crippen LogP contribution in [0.2, 0.25) is 0 Å². The van der Waals surface area contributed by atoms with Gasteiger partial charge < -0.3 is 19.7 Å². The van der Waals surface area contributed by atoms with Gasteiger partial charge in [0.15, 0.2) is 6.10 Å². The summed E-state index contributed by atoms with van der Waals surface area (Å²) in [6.07, 6.45) is 2.04. The van der Waals surface area contributed by atoms with Crippen LogP contribution in [0.4, 0.5) is 0 Å². The highest BCUT2D eigenvalue weighted by Crippen LogP contribution is 2.63. The first-order valence-electron chi connectivity index (χ1n) is 10.4. The number of aromatic nitrogens is 1. The number of hydrogen-bond donors (Lipinski definition) is 2. The standard InChI is InChI=1S/C21H32N2O9P/c1-20(2,3)19(26)29-14-31-33(27)30-13-21(4,5)17(32-33)18(25)23-11-8-16(24)28-12-15-6-9-22-10-7-15/h6-7,9-10,17,27H,8,11-14H2,1-5H3,(H,23,25)/t17-/m0/s1. The van der Waals surface area contributed by atoms with E-state index < -0.39 is 49.7 Å². The molecule has 1 saturated heterocycles. The van der Waals surface area contributed by atoms with Gasteiger partial charge in [0.25, 0.3) is 0 Å². The Bertz CT molecular complexity index is 829. The van der Waals surface area contributed by atoms with E-state index in [0.29, 0.717) is 0 Å². The maximum atomic E-state index is 12.7. The first-order chi connectivity index (χ1) is 15.3. The summed E-state index contributed by atoms with van der Waals surface area (Å²) in [7, 11) is -3.89. The molecule has 12 heteroatoms. The van der Waals surface area contributed by atoms with Crippen LogP contribution >= 0.6 is 8.17 Å². The Balaban J connectivity index is 1.81. The van der Waals surface area contributed by atoms with Gasteiger partial charge in [-0.15, -0.1) is 0 Å². The number of amides is 1. The van der Waals surface area contributed by atoms with E-state index in [0.717, 1.165) is 5.56 Å². The molecule has 2 atom stereocenters. The zero-order valence-corrected chi connectivity index (χ0v) is 20.4. The molecule has 2 N–H and O–H groups in total. The van der Waals surface area contributed by atoms with Crippen LogP contribution in [0.25, 0.3) is 0 Å². The van der Waals surface area contributed by atoms with Crippen molar-refractivity contribution >= 4 is 26.0 Å². The number of nitrogens with zero attached hydrogens (tertiary/aromatic N) is 1. The van der Waals surface area contributed by atoms with Crippen LogP contribution in [0, 0.1) is 10.8 Å². The molecule has 0 saturated carbocycles. The number of nitrogens with one attached hydrogen (secondary N) is 1. The Labute approximate surface area is 193 Å². The first-order valence-corrected chi connectivity index (χ1v) is 11.9. The van der Waals surface area contributed by atoms with Crippen molar-refractivity contribution in [1.82, 2.24) is 10.3 Å². The molecule has 185 valence electrons. The van der Waals surface area contributed by atoms with Crippen molar-refractivity contribution in [2.24, 2.45) is 10.8 Å². The van der Waals surface area contributed by atoms with Crippen LogP contribution in [0.15, 0.2) is 24.5 Å². The molecule has 0 unspecified atom stereocenters. The lowest BCUT2D eigenvalue weighted by molar-refractivity contribution is -0.165. The molecule has 1 amide bonds. The summed E-state index contributed by atoms with van der Waals surface area (Å²) < 4.78 is 26.1. The highest BCUT2D eigenvalue weighted by molar-refractivity contribution is 7.55. The zero-order valence-electron chi connectivity index (χ0n) is 19.5. The number of ether oxygens (including phenoxy) is 2. The molecule has 1 fully saturated rings. The normalized spacial score (nSPS) is 22.3. The minimum atomic E-state index is -3.89.